The molecule has 0 radical (unpaired) electrons. The van der Waals surface area contributed by atoms with E-state index in [0.29, 0.717) is 24.0 Å². The highest BCUT2D eigenvalue weighted by Crippen LogP contribution is 2.28. The zero-order valence-corrected chi connectivity index (χ0v) is 13.8. The Bertz CT molecular complexity index is 530. The van der Waals surface area contributed by atoms with Crippen LogP contribution in [0.1, 0.15) is 31.7 Å². The molecule has 1 aliphatic carbocycles. The quantitative estimate of drug-likeness (QED) is 0.507. The van der Waals surface area contributed by atoms with Crippen molar-refractivity contribution >= 4 is 40.6 Å². The van der Waals surface area contributed by atoms with Gasteiger partial charge in [-0.1, -0.05) is 25.2 Å². The molecule has 0 aliphatic heterocycles. The number of carbonyl (C=O) groups is 1. The van der Waals surface area contributed by atoms with E-state index in [9.17, 15) is 4.79 Å². The number of nitrogens with two attached hydrogens (primary N) is 1. The van der Waals surface area contributed by atoms with Crippen LogP contribution in [0.5, 0.6) is 0 Å². The van der Waals surface area contributed by atoms with Gasteiger partial charge in [0.1, 0.15) is 4.99 Å². The fraction of sp³-hybridized carbons (Fsp3) is 0.467. The number of nitrogens with one attached hydrogen (secondary N) is 2. The monoisotopic (exact) mass is 323 g/mol. The summed E-state index contributed by atoms with van der Waals surface area (Å²) in [4.78, 5) is 13.1. The average Bonchev–Trinajstić information content (AvgIpc) is 3.23. The minimum absolute atomic E-state index is 0.0981. The smallest absolute Gasteiger partial charge is 0.221 e. The van der Waals surface area contributed by atoms with Gasteiger partial charge in [0, 0.05) is 35.2 Å². The Hall–Kier alpha value is -1.27. The van der Waals surface area contributed by atoms with Crippen LogP contribution in [-0.2, 0) is 4.79 Å². The van der Waals surface area contributed by atoms with Gasteiger partial charge < -0.3 is 16.4 Å². The molecule has 0 heterocycles. The molecule has 4 N–H and O–H groups in total. The zero-order valence-electron chi connectivity index (χ0n) is 12.1. The molecule has 0 spiro atoms. The molecule has 0 aromatic heterocycles. The van der Waals surface area contributed by atoms with E-state index in [0.717, 1.165) is 34.7 Å². The van der Waals surface area contributed by atoms with Crippen molar-refractivity contribution in [2.24, 2.45) is 5.73 Å². The van der Waals surface area contributed by atoms with Gasteiger partial charge in [0.15, 0.2) is 0 Å². The third-order valence-corrected chi connectivity index (χ3v) is 4.33. The molecule has 6 heteroatoms. The molecule has 1 amide bonds. The largest absolute Gasteiger partial charge is 0.389 e. The molecule has 0 saturated heterocycles. The number of carbonyl (C=O) groups excluding carboxylic acids is 1. The summed E-state index contributed by atoms with van der Waals surface area (Å²) in [7, 11) is 0. The van der Waals surface area contributed by atoms with Gasteiger partial charge in [-0.25, -0.2) is 0 Å². The lowest BCUT2D eigenvalue weighted by atomic mass is 10.1. The Morgan fingerprint density at radius 1 is 1.48 bits per heavy atom. The van der Waals surface area contributed by atoms with Crippen LogP contribution in [0.2, 0.25) is 0 Å². The van der Waals surface area contributed by atoms with Gasteiger partial charge >= 0.3 is 0 Å². The first-order chi connectivity index (χ1) is 10.1. The minimum atomic E-state index is 0.0981. The summed E-state index contributed by atoms with van der Waals surface area (Å²) < 4.78 is 0. The van der Waals surface area contributed by atoms with E-state index >= 15 is 0 Å². The van der Waals surface area contributed by atoms with Crippen LogP contribution in [0.4, 0.5) is 5.69 Å². The molecule has 1 fully saturated rings. The van der Waals surface area contributed by atoms with E-state index in [1.54, 1.807) is 11.8 Å². The van der Waals surface area contributed by atoms with E-state index in [1.165, 1.54) is 0 Å². The highest BCUT2D eigenvalue weighted by atomic mass is 32.2. The first-order valence-electron chi connectivity index (χ1n) is 7.20. The van der Waals surface area contributed by atoms with E-state index < -0.39 is 0 Å². The number of thioether (sulfide) groups is 1. The predicted octanol–water partition coefficient (Wildman–Crippen LogP) is 2.51. The number of thiocarbonyl (C=S) groups is 1. The number of benzene rings is 1. The average molecular weight is 323 g/mol. The molecule has 21 heavy (non-hydrogen) atoms. The van der Waals surface area contributed by atoms with Crippen molar-refractivity contribution in [2.45, 2.75) is 37.1 Å². The van der Waals surface area contributed by atoms with E-state index in [4.69, 9.17) is 18.0 Å². The van der Waals surface area contributed by atoms with E-state index in [2.05, 4.69) is 17.6 Å². The van der Waals surface area contributed by atoms with Crippen LogP contribution in [0.3, 0.4) is 0 Å². The number of anilines is 1. The van der Waals surface area contributed by atoms with Crippen molar-refractivity contribution in [3.05, 3.63) is 23.8 Å². The summed E-state index contributed by atoms with van der Waals surface area (Å²) in [5.41, 5.74) is 7.63. The Morgan fingerprint density at radius 2 is 2.24 bits per heavy atom. The summed E-state index contributed by atoms with van der Waals surface area (Å²) in [5.74, 6) is 1.06. The van der Waals surface area contributed by atoms with Crippen LogP contribution >= 0.6 is 24.0 Å². The fourth-order valence-electron chi connectivity index (χ4n) is 2.05. The molecule has 2 rings (SSSR count). The van der Waals surface area contributed by atoms with Crippen molar-refractivity contribution in [3.8, 4) is 0 Å². The molecular weight excluding hydrogens is 302 g/mol. The Labute approximate surface area is 135 Å². The summed E-state index contributed by atoms with van der Waals surface area (Å²) in [6, 6.07) is 6.36. The standard InChI is InChI=1S/C15H21N3OS2/c1-2-21-12-5-3-4-11(14(12)15(16)20)17-9-8-13(19)18-10-6-7-10/h3-5,10,17H,2,6-9H2,1H3,(H2,16,20)(H,18,19). The minimum Gasteiger partial charge on any atom is -0.389 e. The van der Waals surface area contributed by atoms with Crippen molar-refractivity contribution in [1.82, 2.24) is 5.32 Å². The molecule has 1 aromatic rings. The second-order valence-corrected chi connectivity index (χ2v) is 6.74. The first kappa shape index (κ1) is 16.1. The van der Waals surface area contributed by atoms with Crippen molar-refractivity contribution < 1.29 is 4.79 Å². The molecule has 1 saturated carbocycles. The van der Waals surface area contributed by atoms with Gasteiger partial charge in [-0.05, 0) is 30.7 Å². The highest BCUT2D eigenvalue weighted by molar-refractivity contribution is 7.99. The van der Waals surface area contributed by atoms with Gasteiger partial charge in [-0.3, -0.25) is 4.79 Å². The Kier molecular flexibility index (Phi) is 5.87. The third-order valence-electron chi connectivity index (χ3n) is 3.18. The lowest BCUT2D eigenvalue weighted by molar-refractivity contribution is -0.120. The van der Waals surface area contributed by atoms with Crippen LogP contribution in [0, 0.1) is 0 Å². The maximum atomic E-state index is 11.7. The molecule has 0 atom stereocenters. The molecule has 1 aromatic carbocycles. The molecule has 4 nitrogen and oxygen atoms in total. The normalized spacial score (nSPS) is 13.8. The number of hydrogen-bond donors (Lipinski definition) is 3. The Balaban J connectivity index is 1.96. The van der Waals surface area contributed by atoms with Crippen molar-refractivity contribution in [2.75, 3.05) is 17.6 Å². The third kappa shape index (κ3) is 4.89. The molecule has 0 unspecified atom stereocenters. The molecule has 1 aliphatic rings. The van der Waals surface area contributed by atoms with Gasteiger partial charge in [0.2, 0.25) is 5.91 Å². The SMILES string of the molecule is CCSc1cccc(NCCC(=O)NC2CC2)c1C(N)=S. The number of hydrogen-bond acceptors (Lipinski definition) is 4. The maximum Gasteiger partial charge on any atom is 0.221 e. The topological polar surface area (TPSA) is 67.2 Å². The lowest BCUT2D eigenvalue weighted by Gasteiger charge is -2.14. The van der Waals surface area contributed by atoms with Gasteiger partial charge in [0.25, 0.3) is 0 Å². The van der Waals surface area contributed by atoms with Crippen LogP contribution in [-0.4, -0.2) is 29.2 Å². The van der Waals surface area contributed by atoms with Crippen LogP contribution in [0.25, 0.3) is 0 Å². The lowest BCUT2D eigenvalue weighted by Crippen LogP contribution is -2.27. The second kappa shape index (κ2) is 7.66. The zero-order chi connectivity index (χ0) is 15.2. The number of amides is 1. The fourth-order valence-corrected chi connectivity index (χ4v) is 3.18. The molecule has 114 valence electrons. The van der Waals surface area contributed by atoms with E-state index in [-0.39, 0.29) is 5.91 Å². The van der Waals surface area contributed by atoms with E-state index in [1.807, 2.05) is 18.2 Å². The highest BCUT2D eigenvalue weighted by Gasteiger charge is 2.22. The van der Waals surface area contributed by atoms with Crippen LogP contribution in [0.15, 0.2) is 23.1 Å². The van der Waals surface area contributed by atoms with Crippen molar-refractivity contribution in [3.63, 3.8) is 0 Å². The summed E-state index contributed by atoms with van der Waals surface area (Å²) >= 11 is 6.88. The number of rotatable bonds is 8. The summed E-state index contributed by atoms with van der Waals surface area (Å²) in [6.07, 6.45) is 2.68. The van der Waals surface area contributed by atoms with Gasteiger partial charge in [0.05, 0.1) is 0 Å². The maximum absolute atomic E-state index is 11.7. The van der Waals surface area contributed by atoms with Gasteiger partial charge in [-0.2, -0.15) is 0 Å². The predicted molar refractivity (Wildman–Crippen MR) is 93.0 cm³/mol. The summed E-state index contributed by atoms with van der Waals surface area (Å²) in [5, 5.41) is 6.25. The van der Waals surface area contributed by atoms with Gasteiger partial charge in [-0.15, -0.1) is 11.8 Å². The molecular formula is C15H21N3OS2. The second-order valence-electron chi connectivity index (χ2n) is 4.99. The van der Waals surface area contributed by atoms with Crippen LogP contribution < -0.4 is 16.4 Å². The first-order valence-corrected chi connectivity index (χ1v) is 8.60. The summed E-state index contributed by atoms with van der Waals surface area (Å²) in [6.45, 7) is 2.67. The molecule has 0 bridgehead atoms. The van der Waals surface area contributed by atoms with Crippen molar-refractivity contribution in [1.29, 1.82) is 0 Å². The Morgan fingerprint density at radius 3 is 2.86 bits per heavy atom.